The van der Waals surface area contributed by atoms with Gasteiger partial charge in [-0.3, -0.25) is 4.79 Å². The Balaban J connectivity index is 2.21. The zero-order valence-electron chi connectivity index (χ0n) is 7.18. The molecule has 62 valence electrons. The second-order valence-electron chi connectivity index (χ2n) is 4.16. The minimum absolute atomic E-state index is 0.385. The third kappa shape index (κ3) is 1.11. The molecule has 0 amide bonds. The fourth-order valence-corrected chi connectivity index (χ4v) is 2.72. The summed E-state index contributed by atoms with van der Waals surface area (Å²) < 4.78 is 0. The maximum absolute atomic E-state index is 11.6. The molecule has 3 rings (SSSR count). The lowest BCUT2D eigenvalue weighted by molar-refractivity contribution is -0.129. The van der Waals surface area contributed by atoms with Crippen LogP contribution < -0.4 is 0 Å². The first-order valence-corrected chi connectivity index (χ1v) is 4.83. The van der Waals surface area contributed by atoms with E-state index in [1.54, 1.807) is 0 Å². The zero-order valence-corrected chi connectivity index (χ0v) is 7.18. The molecular formula is C10H16O. The van der Waals surface area contributed by atoms with Crippen molar-refractivity contribution in [2.24, 2.45) is 17.8 Å². The normalized spacial score (nSPS) is 44.1. The van der Waals surface area contributed by atoms with Gasteiger partial charge in [-0.05, 0) is 31.6 Å². The van der Waals surface area contributed by atoms with E-state index in [1.165, 1.54) is 32.1 Å². The van der Waals surface area contributed by atoms with E-state index in [0.717, 1.165) is 5.92 Å². The predicted octanol–water partition coefficient (Wildman–Crippen LogP) is 2.40. The van der Waals surface area contributed by atoms with Gasteiger partial charge in [0.1, 0.15) is 5.78 Å². The van der Waals surface area contributed by atoms with Crippen molar-refractivity contribution < 1.29 is 4.79 Å². The number of rotatable bonds is 0. The highest BCUT2D eigenvalue weighted by molar-refractivity contribution is 5.84. The summed E-state index contributed by atoms with van der Waals surface area (Å²) in [5, 5.41) is 0. The van der Waals surface area contributed by atoms with E-state index in [9.17, 15) is 4.79 Å². The molecule has 1 heteroatoms. The standard InChI is InChI=1S/C10H16O/c1-7-8-3-2-4-9(6-5-8)10(7)11/h7-9H,2-6H2,1H3/t7-,8-,9+/m0/s1. The second kappa shape index (κ2) is 2.62. The molecule has 0 aromatic rings. The van der Waals surface area contributed by atoms with Gasteiger partial charge in [-0.15, -0.1) is 0 Å². The number of Topliss-reactive ketones (excluding diaryl/α,β-unsaturated/α-hetero) is 1. The van der Waals surface area contributed by atoms with E-state index in [0.29, 0.717) is 17.6 Å². The summed E-state index contributed by atoms with van der Waals surface area (Å²) in [6, 6.07) is 0. The van der Waals surface area contributed by atoms with Gasteiger partial charge in [-0.2, -0.15) is 0 Å². The average Bonchev–Trinajstić information content (AvgIpc) is 2.30. The van der Waals surface area contributed by atoms with Crippen molar-refractivity contribution in [3.05, 3.63) is 0 Å². The smallest absolute Gasteiger partial charge is 0.139 e. The molecule has 3 fully saturated rings. The molecule has 0 aromatic heterocycles. The fourth-order valence-electron chi connectivity index (χ4n) is 2.72. The minimum Gasteiger partial charge on any atom is -0.299 e. The number of hydrogen-bond acceptors (Lipinski definition) is 1. The number of carbonyl (C=O) groups is 1. The molecule has 0 spiro atoms. The third-order valence-corrected chi connectivity index (χ3v) is 3.57. The molecule has 0 aliphatic heterocycles. The van der Waals surface area contributed by atoms with Crippen LogP contribution in [0.15, 0.2) is 0 Å². The van der Waals surface area contributed by atoms with Gasteiger partial charge in [0.25, 0.3) is 0 Å². The van der Waals surface area contributed by atoms with Gasteiger partial charge in [-0.25, -0.2) is 0 Å². The molecule has 0 heterocycles. The average molecular weight is 152 g/mol. The highest BCUT2D eigenvalue weighted by Crippen LogP contribution is 2.40. The van der Waals surface area contributed by atoms with Gasteiger partial charge >= 0.3 is 0 Å². The number of ketones is 1. The molecule has 0 N–H and O–H groups in total. The summed E-state index contributed by atoms with van der Waals surface area (Å²) in [5.41, 5.74) is 0. The molecular weight excluding hydrogens is 136 g/mol. The lowest BCUT2D eigenvalue weighted by atomic mass is 9.75. The quantitative estimate of drug-likeness (QED) is 0.521. The Kier molecular flexibility index (Phi) is 1.74. The van der Waals surface area contributed by atoms with E-state index in [2.05, 4.69) is 6.92 Å². The van der Waals surface area contributed by atoms with Crippen LogP contribution in [0.1, 0.15) is 39.0 Å². The van der Waals surface area contributed by atoms with Crippen molar-refractivity contribution in [1.29, 1.82) is 0 Å². The van der Waals surface area contributed by atoms with Gasteiger partial charge in [0.2, 0.25) is 0 Å². The van der Waals surface area contributed by atoms with Crippen LogP contribution in [0.5, 0.6) is 0 Å². The first kappa shape index (κ1) is 7.33. The van der Waals surface area contributed by atoms with Gasteiger partial charge < -0.3 is 0 Å². The molecule has 3 atom stereocenters. The summed E-state index contributed by atoms with van der Waals surface area (Å²) >= 11 is 0. The van der Waals surface area contributed by atoms with E-state index in [4.69, 9.17) is 0 Å². The highest BCUT2D eigenvalue weighted by atomic mass is 16.1. The first-order valence-electron chi connectivity index (χ1n) is 4.83. The van der Waals surface area contributed by atoms with Crippen molar-refractivity contribution in [3.8, 4) is 0 Å². The Hall–Kier alpha value is -0.330. The molecule has 0 radical (unpaired) electrons. The van der Waals surface area contributed by atoms with E-state index in [1.807, 2.05) is 0 Å². The summed E-state index contributed by atoms with van der Waals surface area (Å²) in [4.78, 5) is 11.6. The Bertz CT molecular complexity index is 166. The molecule has 3 saturated carbocycles. The molecule has 2 bridgehead atoms. The topological polar surface area (TPSA) is 17.1 Å². The van der Waals surface area contributed by atoms with Crippen LogP contribution in [-0.2, 0) is 4.79 Å². The minimum atomic E-state index is 0.385. The van der Waals surface area contributed by atoms with Crippen LogP contribution >= 0.6 is 0 Å². The Morgan fingerprint density at radius 3 is 2.82 bits per heavy atom. The van der Waals surface area contributed by atoms with Gasteiger partial charge in [-0.1, -0.05) is 13.3 Å². The maximum atomic E-state index is 11.6. The molecule has 3 aliphatic rings. The lowest BCUT2D eigenvalue weighted by Gasteiger charge is -2.28. The molecule has 11 heavy (non-hydrogen) atoms. The molecule has 0 unspecified atom stereocenters. The summed E-state index contributed by atoms with van der Waals surface area (Å²) in [5.74, 6) is 2.14. The van der Waals surface area contributed by atoms with E-state index >= 15 is 0 Å². The van der Waals surface area contributed by atoms with Crippen LogP contribution in [0.2, 0.25) is 0 Å². The monoisotopic (exact) mass is 152 g/mol. The van der Waals surface area contributed by atoms with Crippen molar-refractivity contribution in [2.75, 3.05) is 0 Å². The highest BCUT2D eigenvalue weighted by Gasteiger charge is 2.37. The lowest BCUT2D eigenvalue weighted by Crippen LogP contribution is -2.30. The predicted molar refractivity (Wildman–Crippen MR) is 44.2 cm³/mol. The van der Waals surface area contributed by atoms with Gasteiger partial charge in [0, 0.05) is 11.8 Å². The largest absolute Gasteiger partial charge is 0.299 e. The van der Waals surface area contributed by atoms with Crippen LogP contribution in [0.3, 0.4) is 0 Å². The summed E-state index contributed by atoms with van der Waals surface area (Å²) in [6.07, 6.45) is 6.29. The third-order valence-electron chi connectivity index (χ3n) is 3.57. The van der Waals surface area contributed by atoms with E-state index in [-0.39, 0.29) is 0 Å². The second-order valence-corrected chi connectivity index (χ2v) is 4.16. The first-order chi connectivity index (χ1) is 5.29. The van der Waals surface area contributed by atoms with Crippen LogP contribution in [-0.4, -0.2) is 5.78 Å². The van der Waals surface area contributed by atoms with Crippen molar-refractivity contribution in [2.45, 2.75) is 39.0 Å². The van der Waals surface area contributed by atoms with Crippen molar-refractivity contribution >= 4 is 5.78 Å². The van der Waals surface area contributed by atoms with Crippen LogP contribution in [0.4, 0.5) is 0 Å². The number of carbonyl (C=O) groups excluding carboxylic acids is 1. The zero-order chi connectivity index (χ0) is 7.84. The van der Waals surface area contributed by atoms with Gasteiger partial charge in [0.15, 0.2) is 0 Å². The fraction of sp³-hybridized carbons (Fsp3) is 0.900. The van der Waals surface area contributed by atoms with Crippen LogP contribution in [0, 0.1) is 17.8 Å². The van der Waals surface area contributed by atoms with Crippen molar-refractivity contribution in [1.82, 2.24) is 0 Å². The summed E-state index contributed by atoms with van der Waals surface area (Å²) in [7, 11) is 0. The maximum Gasteiger partial charge on any atom is 0.139 e. The van der Waals surface area contributed by atoms with Gasteiger partial charge in [0.05, 0.1) is 0 Å². The molecule has 1 nitrogen and oxygen atoms in total. The number of fused-ring (bicyclic) bond motifs is 4. The Labute approximate surface area is 68.2 Å². The Morgan fingerprint density at radius 1 is 1.18 bits per heavy atom. The molecule has 0 saturated heterocycles. The number of hydrogen-bond donors (Lipinski definition) is 0. The van der Waals surface area contributed by atoms with Crippen molar-refractivity contribution in [3.63, 3.8) is 0 Å². The van der Waals surface area contributed by atoms with E-state index < -0.39 is 0 Å². The summed E-state index contributed by atoms with van der Waals surface area (Å²) in [6.45, 7) is 2.13. The SMILES string of the molecule is C[C@@H]1C(=O)[C@@H]2CCC[C@H]1CC2. The molecule has 0 aromatic carbocycles. The van der Waals surface area contributed by atoms with Crippen LogP contribution in [0.25, 0.3) is 0 Å². The molecule has 3 aliphatic carbocycles. The Morgan fingerprint density at radius 2 is 2.00 bits per heavy atom.